The fourth-order valence-electron chi connectivity index (χ4n) is 2.77. The Morgan fingerprint density at radius 3 is 1.87 bits per heavy atom. The number of β-amino-alcohol motifs (C(OH)–C–C–N with tert-alkyl or cyclic N) is 2. The predicted octanol–water partition coefficient (Wildman–Crippen LogP) is 1.74. The molecule has 130 valence electrons. The van der Waals surface area contributed by atoms with Gasteiger partial charge < -0.3 is 10.2 Å². The maximum Gasteiger partial charge on any atom is 0.416 e. The van der Waals surface area contributed by atoms with Gasteiger partial charge in [0.25, 0.3) is 0 Å². The Kier molecular flexibility index (Phi) is 6.02. The molecule has 2 rings (SSSR count). The van der Waals surface area contributed by atoms with Crippen LogP contribution in [0.5, 0.6) is 0 Å². The van der Waals surface area contributed by atoms with E-state index < -0.39 is 17.8 Å². The normalized spacial score (nSPS) is 20.4. The molecule has 2 unspecified atom stereocenters. The van der Waals surface area contributed by atoms with Crippen molar-refractivity contribution in [1.82, 2.24) is 9.80 Å². The lowest BCUT2D eigenvalue weighted by Gasteiger charge is -2.36. The van der Waals surface area contributed by atoms with Gasteiger partial charge in [0.05, 0.1) is 17.8 Å². The average Bonchev–Trinajstić information content (AvgIpc) is 2.48. The first-order chi connectivity index (χ1) is 10.8. The number of hydrogen-bond acceptors (Lipinski definition) is 4. The molecule has 23 heavy (non-hydrogen) atoms. The van der Waals surface area contributed by atoms with Crippen molar-refractivity contribution in [3.05, 3.63) is 35.4 Å². The van der Waals surface area contributed by atoms with Gasteiger partial charge in [-0.1, -0.05) is 12.1 Å². The molecule has 1 aliphatic heterocycles. The Morgan fingerprint density at radius 2 is 1.43 bits per heavy atom. The van der Waals surface area contributed by atoms with E-state index >= 15 is 0 Å². The second-order valence-corrected chi connectivity index (χ2v) is 6.09. The Bertz CT molecular complexity index is 483. The Labute approximate surface area is 134 Å². The molecule has 0 aromatic heterocycles. The SMILES string of the molecule is CC(O)CN1CCN(CC(O)c2ccc(C(F)(F)F)cc2)CC1. The van der Waals surface area contributed by atoms with Crippen LogP contribution in [0.2, 0.25) is 0 Å². The van der Waals surface area contributed by atoms with Gasteiger partial charge in [0.2, 0.25) is 0 Å². The van der Waals surface area contributed by atoms with Gasteiger partial charge in [0.1, 0.15) is 0 Å². The fourth-order valence-corrected chi connectivity index (χ4v) is 2.77. The number of piperazine rings is 1. The molecule has 1 aliphatic rings. The van der Waals surface area contributed by atoms with Crippen LogP contribution in [0.3, 0.4) is 0 Å². The van der Waals surface area contributed by atoms with Crippen LogP contribution in [0.4, 0.5) is 13.2 Å². The van der Waals surface area contributed by atoms with Crippen molar-refractivity contribution in [1.29, 1.82) is 0 Å². The average molecular weight is 332 g/mol. The molecule has 0 amide bonds. The summed E-state index contributed by atoms with van der Waals surface area (Å²) in [4.78, 5) is 4.24. The summed E-state index contributed by atoms with van der Waals surface area (Å²) in [6.07, 6.45) is -5.52. The third-order valence-corrected chi connectivity index (χ3v) is 4.04. The minimum atomic E-state index is -4.36. The molecule has 2 atom stereocenters. The fraction of sp³-hybridized carbons (Fsp3) is 0.625. The molecule has 0 saturated carbocycles. The highest BCUT2D eigenvalue weighted by atomic mass is 19.4. The van der Waals surface area contributed by atoms with Crippen molar-refractivity contribution in [3.63, 3.8) is 0 Å². The minimum absolute atomic E-state index is 0.362. The molecule has 0 radical (unpaired) electrons. The molecule has 1 aromatic carbocycles. The van der Waals surface area contributed by atoms with E-state index in [1.807, 2.05) is 0 Å². The van der Waals surface area contributed by atoms with Gasteiger partial charge in [-0.3, -0.25) is 9.80 Å². The standard InChI is InChI=1S/C16H23F3N2O2/c1-12(22)10-20-6-8-21(9-7-20)11-15(23)13-2-4-14(5-3-13)16(17,18)19/h2-5,12,15,22-23H,6-11H2,1H3. The molecule has 1 heterocycles. The number of aliphatic hydroxyl groups excluding tert-OH is 2. The van der Waals surface area contributed by atoms with E-state index in [4.69, 9.17) is 0 Å². The highest BCUT2D eigenvalue weighted by molar-refractivity contribution is 5.26. The summed E-state index contributed by atoms with van der Waals surface area (Å²) < 4.78 is 37.6. The summed E-state index contributed by atoms with van der Waals surface area (Å²) in [5.74, 6) is 0. The molecular formula is C16H23F3N2O2. The van der Waals surface area contributed by atoms with E-state index in [2.05, 4.69) is 9.80 Å². The summed E-state index contributed by atoms with van der Waals surface area (Å²) in [7, 11) is 0. The molecule has 0 bridgehead atoms. The van der Waals surface area contributed by atoms with Crippen LogP contribution in [0, 0.1) is 0 Å². The van der Waals surface area contributed by atoms with Crippen LogP contribution >= 0.6 is 0 Å². The Balaban J connectivity index is 1.84. The molecular weight excluding hydrogens is 309 g/mol. The lowest BCUT2D eigenvalue weighted by atomic mass is 10.1. The zero-order valence-corrected chi connectivity index (χ0v) is 13.1. The number of halogens is 3. The van der Waals surface area contributed by atoms with Gasteiger partial charge in [-0.25, -0.2) is 0 Å². The number of nitrogens with zero attached hydrogens (tertiary/aromatic N) is 2. The topological polar surface area (TPSA) is 46.9 Å². The third kappa shape index (κ3) is 5.46. The second kappa shape index (κ2) is 7.61. The number of alkyl halides is 3. The molecule has 1 saturated heterocycles. The molecule has 1 fully saturated rings. The second-order valence-electron chi connectivity index (χ2n) is 6.09. The summed E-state index contributed by atoms with van der Waals surface area (Å²) >= 11 is 0. The Hall–Kier alpha value is -1.15. The van der Waals surface area contributed by atoms with Gasteiger partial charge in [-0.2, -0.15) is 13.2 Å². The van der Waals surface area contributed by atoms with E-state index in [1.165, 1.54) is 12.1 Å². The smallest absolute Gasteiger partial charge is 0.392 e. The summed E-state index contributed by atoms with van der Waals surface area (Å²) in [5.41, 5.74) is -0.218. The minimum Gasteiger partial charge on any atom is -0.392 e. The number of hydrogen-bond donors (Lipinski definition) is 2. The van der Waals surface area contributed by atoms with Crippen molar-refractivity contribution in [2.24, 2.45) is 0 Å². The van der Waals surface area contributed by atoms with Crippen LogP contribution in [0.15, 0.2) is 24.3 Å². The number of benzene rings is 1. The molecule has 7 heteroatoms. The van der Waals surface area contributed by atoms with Crippen molar-refractivity contribution < 1.29 is 23.4 Å². The van der Waals surface area contributed by atoms with Crippen LogP contribution < -0.4 is 0 Å². The van der Waals surface area contributed by atoms with E-state index in [-0.39, 0.29) is 6.10 Å². The molecule has 0 aliphatic carbocycles. The monoisotopic (exact) mass is 332 g/mol. The van der Waals surface area contributed by atoms with Crippen molar-refractivity contribution >= 4 is 0 Å². The van der Waals surface area contributed by atoms with Crippen LogP contribution in [-0.2, 0) is 6.18 Å². The van der Waals surface area contributed by atoms with E-state index in [0.717, 1.165) is 38.3 Å². The number of rotatable bonds is 5. The first-order valence-electron chi connectivity index (χ1n) is 7.73. The molecule has 0 spiro atoms. The van der Waals surface area contributed by atoms with E-state index in [0.29, 0.717) is 18.7 Å². The molecule has 2 N–H and O–H groups in total. The third-order valence-electron chi connectivity index (χ3n) is 4.04. The van der Waals surface area contributed by atoms with Gasteiger partial charge in [-0.15, -0.1) is 0 Å². The van der Waals surface area contributed by atoms with Crippen LogP contribution in [-0.4, -0.2) is 65.4 Å². The first kappa shape index (κ1) is 18.2. The van der Waals surface area contributed by atoms with Gasteiger partial charge in [-0.05, 0) is 24.6 Å². The highest BCUT2D eigenvalue weighted by Gasteiger charge is 2.30. The summed E-state index contributed by atoms with van der Waals surface area (Å²) in [6.45, 7) is 5.94. The van der Waals surface area contributed by atoms with Crippen molar-refractivity contribution in [2.45, 2.75) is 25.3 Å². The lowest BCUT2D eigenvalue weighted by Crippen LogP contribution is -2.49. The van der Waals surface area contributed by atoms with Crippen molar-refractivity contribution in [3.8, 4) is 0 Å². The molecule has 1 aromatic rings. The van der Waals surface area contributed by atoms with Crippen molar-refractivity contribution in [2.75, 3.05) is 39.3 Å². The van der Waals surface area contributed by atoms with Gasteiger partial charge in [0, 0.05) is 39.3 Å². The largest absolute Gasteiger partial charge is 0.416 e. The predicted molar refractivity (Wildman–Crippen MR) is 81.0 cm³/mol. The Morgan fingerprint density at radius 1 is 0.957 bits per heavy atom. The van der Waals surface area contributed by atoms with E-state index in [1.54, 1.807) is 6.92 Å². The maximum absolute atomic E-state index is 12.5. The number of aliphatic hydroxyl groups is 2. The maximum atomic E-state index is 12.5. The van der Waals surface area contributed by atoms with E-state index in [9.17, 15) is 23.4 Å². The zero-order chi connectivity index (χ0) is 17.0. The zero-order valence-electron chi connectivity index (χ0n) is 13.1. The van der Waals surface area contributed by atoms with Gasteiger partial charge >= 0.3 is 6.18 Å². The first-order valence-corrected chi connectivity index (χ1v) is 7.73. The lowest BCUT2D eigenvalue weighted by molar-refractivity contribution is -0.137. The summed E-state index contributed by atoms with van der Waals surface area (Å²) in [6, 6.07) is 4.66. The van der Waals surface area contributed by atoms with Crippen LogP contribution in [0.25, 0.3) is 0 Å². The quantitative estimate of drug-likeness (QED) is 0.862. The van der Waals surface area contributed by atoms with Crippen LogP contribution in [0.1, 0.15) is 24.2 Å². The van der Waals surface area contributed by atoms with Gasteiger partial charge in [0.15, 0.2) is 0 Å². The molecule has 4 nitrogen and oxygen atoms in total. The highest BCUT2D eigenvalue weighted by Crippen LogP contribution is 2.30. The summed E-state index contributed by atoms with van der Waals surface area (Å²) in [5, 5.41) is 19.6.